The van der Waals surface area contributed by atoms with Crippen LogP contribution in [0.3, 0.4) is 0 Å². The summed E-state index contributed by atoms with van der Waals surface area (Å²) in [4.78, 5) is 26.0. The van der Waals surface area contributed by atoms with E-state index in [9.17, 15) is 14.0 Å². The van der Waals surface area contributed by atoms with Gasteiger partial charge in [0.15, 0.2) is 6.30 Å². The van der Waals surface area contributed by atoms with Gasteiger partial charge >= 0.3 is 6.09 Å². The van der Waals surface area contributed by atoms with Gasteiger partial charge in [-0.25, -0.2) is 9.18 Å². The summed E-state index contributed by atoms with van der Waals surface area (Å²) in [5, 5.41) is 14.1. The van der Waals surface area contributed by atoms with Crippen molar-refractivity contribution in [3.05, 3.63) is 63.3 Å². The lowest BCUT2D eigenvalue weighted by Crippen LogP contribution is -2.31. The minimum Gasteiger partial charge on any atom is -0.496 e. The van der Waals surface area contributed by atoms with Gasteiger partial charge in [-0.05, 0) is 41.1 Å². The minimum absolute atomic E-state index is 0.0690. The van der Waals surface area contributed by atoms with Crippen LogP contribution < -0.4 is 15.6 Å². The fourth-order valence-corrected chi connectivity index (χ4v) is 4.51. The summed E-state index contributed by atoms with van der Waals surface area (Å²) >= 11 is 1.38. The molecule has 2 aromatic heterocycles. The van der Waals surface area contributed by atoms with Gasteiger partial charge in [0.25, 0.3) is 5.56 Å². The van der Waals surface area contributed by atoms with Crippen molar-refractivity contribution in [1.29, 1.82) is 0 Å². The fraction of sp³-hybridized carbons (Fsp3) is 0.182. The number of rotatable bonds is 5. The fourth-order valence-electron chi connectivity index (χ4n) is 3.72. The van der Waals surface area contributed by atoms with Crippen LogP contribution in [-0.2, 0) is 6.42 Å². The lowest BCUT2D eigenvalue weighted by molar-refractivity contribution is 0.172. The average molecular weight is 426 g/mol. The summed E-state index contributed by atoms with van der Waals surface area (Å²) < 4.78 is 20.1. The van der Waals surface area contributed by atoms with E-state index in [4.69, 9.17) is 9.84 Å². The van der Waals surface area contributed by atoms with Crippen LogP contribution in [0.25, 0.3) is 32.1 Å². The summed E-state index contributed by atoms with van der Waals surface area (Å²) in [5.74, 6) is 0.670. The normalized spacial score (nSPS) is 12.2. The lowest BCUT2D eigenvalue weighted by Gasteiger charge is -2.16. The second-order valence-electron chi connectivity index (χ2n) is 6.96. The van der Waals surface area contributed by atoms with Crippen molar-refractivity contribution in [2.75, 3.05) is 7.11 Å². The second-order valence-corrected chi connectivity index (χ2v) is 7.87. The molecule has 0 saturated carbocycles. The Labute approximate surface area is 174 Å². The van der Waals surface area contributed by atoms with Crippen LogP contribution in [0.1, 0.15) is 11.1 Å². The Morgan fingerprint density at radius 3 is 2.70 bits per heavy atom. The standard InChI is InChI=1S/C22H19FN2O4S/c1-11-9-15(29-2)17(18-14-7-8-30-20(14)21(26)25-19(11)18)13-5-3-12(4-6-13)10-16(23)24-22(27)28/h3-9,16,24H,10H2,1-2H3,(H,25,26)(H,27,28). The first kappa shape index (κ1) is 19.9. The zero-order valence-electron chi connectivity index (χ0n) is 16.3. The highest BCUT2D eigenvalue weighted by Crippen LogP contribution is 2.41. The van der Waals surface area contributed by atoms with Gasteiger partial charge in [0, 0.05) is 22.8 Å². The number of nitrogens with one attached hydrogen (secondary N) is 2. The van der Waals surface area contributed by atoms with Gasteiger partial charge in [0.2, 0.25) is 0 Å². The maximum atomic E-state index is 13.8. The maximum absolute atomic E-state index is 13.8. The molecule has 0 aliphatic rings. The van der Waals surface area contributed by atoms with E-state index in [1.165, 1.54) is 11.3 Å². The van der Waals surface area contributed by atoms with Crippen molar-refractivity contribution in [2.24, 2.45) is 0 Å². The zero-order valence-corrected chi connectivity index (χ0v) is 17.1. The van der Waals surface area contributed by atoms with E-state index >= 15 is 0 Å². The number of fused-ring (bicyclic) bond motifs is 3. The van der Waals surface area contributed by atoms with E-state index in [1.54, 1.807) is 24.6 Å². The van der Waals surface area contributed by atoms with Crippen LogP contribution in [0.2, 0.25) is 0 Å². The van der Waals surface area contributed by atoms with E-state index < -0.39 is 12.4 Å². The van der Waals surface area contributed by atoms with Gasteiger partial charge in [-0.1, -0.05) is 24.3 Å². The molecule has 6 nitrogen and oxygen atoms in total. The molecule has 2 heterocycles. The van der Waals surface area contributed by atoms with Crippen LogP contribution in [0.5, 0.6) is 5.75 Å². The molecule has 0 saturated heterocycles. The summed E-state index contributed by atoms with van der Waals surface area (Å²) in [7, 11) is 1.60. The number of thiophene rings is 1. The number of aromatic amines is 1. The molecule has 0 aliphatic heterocycles. The number of carbonyl (C=O) groups is 1. The highest BCUT2D eigenvalue weighted by atomic mass is 32.1. The Morgan fingerprint density at radius 2 is 2.03 bits per heavy atom. The van der Waals surface area contributed by atoms with E-state index in [0.717, 1.165) is 33.0 Å². The van der Waals surface area contributed by atoms with Crippen LogP contribution in [0.15, 0.2) is 46.6 Å². The number of ether oxygens (including phenoxy) is 1. The number of aromatic nitrogens is 1. The third-order valence-corrected chi connectivity index (χ3v) is 5.94. The van der Waals surface area contributed by atoms with E-state index in [-0.39, 0.29) is 12.0 Å². The first-order chi connectivity index (χ1) is 14.4. The van der Waals surface area contributed by atoms with Crippen molar-refractivity contribution in [3.63, 3.8) is 0 Å². The highest BCUT2D eigenvalue weighted by Gasteiger charge is 2.18. The van der Waals surface area contributed by atoms with Crippen LogP contribution in [0.4, 0.5) is 9.18 Å². The Balaban J connectivity index is 1.88. The molecule has 4 rings (SSSR count). The number of hydrogen-bond donors (Lipinski definition) is 3. The highest BCUT2D eigenvalue weighted by molar-refractivity contribution is 7.17. The molecule has 0 spiro atoms. The smallest absolute Gasteiger partial charge is 0.406 e. The summed E-state index contributed by atoms with van der Waals surface area (Å²) in [6.07, 6.45) is -3.15. The summed E-state index contributed by atoms with van der Waals surface area (Å²) in [5.41, 5.74) is 3.87. The molecule has 1 atom stereocenters. The number of alkyl halides is 1. The molecule has 0 bridgehead atoms. The molecular formula is C22H19FN2O4S. The molecule has 8 heteroatoms. The van der Waals surface area contributed by atoms with Gasteiger partial charge in [-0.3, -0.25) is 10.1 Å². The molecular weight excluding hydrogens is 407 g/mol. The van der Waals surface area contributed by atoms with Gasteiger partial charge < -0.3 is 14.8 Å². The number of H-pyrrole nitrogens is 1. The average Bonchev–Trinajstić information content (AvgIpc) is 3.19. The molecule has 1 unspecified atom stereocenters. The number of hydrogen-bond acceptors (Lipinski definition) is 4. The molecule has 0 radical (unpaired) electrons. The minimum atomic E-state index is -1.68. The van der Waals surface area contributed by atoms with Gasteiger partial charge in [-0.2, -0.15) is 0 Å². The van der Waals surface area contributed by atoms with E-state index in [2.05, 4.69) is 4.98 Å². The molecule has 0 fully saturated rings. The maximum Gasteiger partial charge on any atom is 0.406 e. The predicted molar refractivity (Wildman–Crippen MR) is 116 cm³/mol. The SMILES string of the molecule is COc1cc(C)c2[nH]c(=O)c3sccc3c2c1-c1ccc(CC(F)NC(=O)O)cc1. The van der Waals surface area contributed by atoms with Gasteiger partial charge in [0.05, 0.1) is 12.6 Å². The number of methoxy groups -OCH3 is 1. The predicted octanol–water partition coefficient (Wildman–Crippen LogP) is 4.83. The number of pyridine rings is 1. The number of halogens is 1. The van der Waals surface area contributed by atoms with Crippen molar-refractivity contribution in [2.45, 2.75) is 19.6 Å². The van der Waals surface area contributed by atoms with Crippen LogP contribution in [-0.4, -0.2) is 29.6 Å². The van der Waals surface area contributed by atoms with E-state index in [0.29, 0.717) is 16.0 Å². The molecule has 4 aromatic rings. The molecule has 2 aromatic carbocycles. The molecule has 30 heavy (non-hydrogen) atoms. The topological polar surface area (TPSA) is 91.4 Å². The Morgan fingerprint density at radius 1 is 1.30 bits per heavy atom. The molecule has 0 aliphatic carbocycles. The van der Waals surface area contributed by atoms with Crippen molar-refractivity contribution < 1.29 is 19.0 Å². The van der Waals surface area contributed by atoms with Gasteiger partial charge in [-0.15, -0.1) is 11.3 Å². The largest absolute Gasteiger partial charge is 0.496 e. The first-order valence-electron chi connectivity index (χ1n) is 9.22. The third kappa shape index (κ3) is 3.50. The lowest BCUT2D eigenvalue weighted by atomic mass is 9.94. The number of aryl methyl sites for hydroxylation is 1. The van der Waals surface area contributed by atoms with E-state index in [1.807, 2.05) is 36.6 Å². The van der Waals surface area contributed by atoms with Crippen LogP contribution in [0, 0.1) is 6.92 Å². The first-order valence-corrected chi connectivity index (χ1v) is 10.1. The molecule has 1 amide bonds. The third-order valence-electron chi connectivity index (χ3n) is 5.03. The van der Waals surface area contributed by atoms with Crippen molar-refractivity contribution in [3.8, 4) is 16.9 Å². The van der Waals surface area contributed by atoms with Crippen LogP contribution >= 0.6 is 11.3 Å². The summed E-state index contributed by atoms with van der Waals surface area (Å²) in [6, 6.07) is 11.0. The summed E-state index contributed by atoms with van der Waals surface area (Å²) in [6.45, 7) is 1.92. The Hall–Kier alpha value is -3.39. The number of benzene rings is 2. The van der Waals surface area contributed by atoms with Crippen molar-refractivity contribution in [1.82, 2.24) is 10.3 Å². The molecule has 154 valence electrons. The van der Waals surface area contributed by atoms with Crippen molar-refractivity contribution >= 4 is 38.4 Å². The second kappa shape index (κ2) is 7.79. The Bertz CT molecular complexity index is 1310. The quantitative estimate of drug-likeness (QED) is 0.399. The number of carboxylic acid groups (broad SMARTS) is 1. The number of amides is 1. The zero-order chi connectivity index (χ0) is 21.4. The Kier molecular flexibility index (Phi) is 5.17. The monoisotopic (exact) mass is 426 g/mol. The van der Waals surface area contributed by atoms with Gasteiger partial charge in [0.1, 0.15) is 10.4 Å². The molecule has 3 N–H and O–H groups in total.